The van der Waals surface area contributed by atoms with E-state index in [1.165, 1.54) is 11.8 Å². The Morgan fingerprint density at radius 1 is 1.12 bits per heavy atom. The second kappa shape index (κ2) is 7.32. The van der Waals surface area contributed by atoms with Gasteiger partial charge in [-0.3, -0.25) is 4.79 Å². The van der Waals surface area contributed by atoms with E-state index in [0.29, 0.717) is 6.54 Å². The van der Waals surface area contributed by atoms with Crippen LogP contribution in [0.3, 0.4) is 0 Å². The highest BCUT2D eigenvalue weighted by molar-refractivity contribution is 5.80. The zero-order valence-electron chi connectivity index (χ0n) is 14.3. The van der Waals surface area contributed by atoms with Crippen LogP contribution in [-0.2, 0) is 11.3 Å². The smallest absolute Gasteiger partial charge is 0.251 e. The third-order valence-electron chi connectivity index (χ3n) is 4.00. The van der Waals surface area contributed by atoms with Gasteiger partial charge in [0.05, 0.1) is 11.4 Å². The molecule has 25 heavy (non-hydrogen) atoms. The van der Waals surface area contributed by atoms with Crippen LogP contribution in [0.5, 0.6) is 0 Å². The normalized spacial score (nSPS) is 12.0. The van der Waals surface area contributed by atoms with Crippen LogP contribution in [-0.4, -0.2) is 38.8 Å². The molecule has 0 spiro atoms. The lowest BCUT2D eigenvalue weighted by molar-refractivity contribution is -0.138. The van der Waals surface area contributed by atoms with E-state index < -0.39 is 6.10 Å². The summed E-state index contributed by atoms with van der Waals surface area (Å²) in [6, 6.07) is 19.7. The molecule has 3 aromatic rings. The summed E-state index contributed by atoms with van der Waals surface area (Å²) in [4.78, 5) is 13.5. The second-order valence-electron chi connectivity index (χ2n) is 6.02. The van der Waals surface area contributed by atoms with Gasteiger partial charge in [-0.1, -0.05) is 48.5 Å². The highest BCUT2D eigenvalue weighted by Gasteiger charge is 2.19. The van der Waals surface area contributed by atoms with E-state index in [0.717, 1.165) is 22.5 Å². The largest absolute Gasteiger partial charge is 0.384 e. The Morgan fingerprint density at radius 3 is 2.32 bits per heavy atom. The molecule has 3 rings (SSSR count). The van der Waals surface area contributed by atoms with Gasteiger partial charge in [0.1, 0.15) is 6.10 Å². The fourth-order valence-corrected chi connectivity index (χ4v) is 2.73. The van der Waals surface area contributed by atoms with E-state index >= 15 is 0 Å². The Bertz CT molecular complexity index is 842. The minimum absolute atomic E-state index is 0.313. The van der Waals surface area contributed by atoms with Gasteiger partial charge in [-0.25, -0.2) is 4.68 Å². The third-order valence-corrected chi connectivity index (χ3v) is 4.00. The average molecular weight is 335 g/mol. The maximum Gasteiger partial charge on any atom is 0.251 e. The number of hydrogen-bond acceptors (Lipinski definition) is 3. The summed E-state index contributed by atoms with van der Waals surface area (Å²) in [6.45, 7) is 1.85. The number of hydrogen-bond donors (Lipinski definition) is 1. The lowest BCUT2D eigenvalue weighted by atomic mass is 10.1. The fraction of sp³-hybridized carbons (Fsp3) is 0.200. The molecule has 2 aromatic carbocycles. The molecule has 0 saturated carbocycles. The molecule has 0 aliphatic carbocycles. The number of benzene rings is 2. The summed E-state index contributed by atoms with van der Waals surface area (Å²) < 4.78 is 1.82. The van der Waals surface area contributed by atoms with Crippen LogP contribution in [0.2, 0.25) is 0 Å². The maximum atomic E-state index is 12.0. The molecule has 1 amide bonds. The second-order valence-corrected chi connectivity index (χ2v) is 6.02. The number of aliphatic hydroxyl groups is 1. The summed E-state index contributed by atoms with van der Waals surface area (Å²) in [5, 5.41) is 14.3. The molecule has 5 heteroatoms. The van der Waals surface area contributed by atoms with Crippen molar-refractivity contribution in [2.24, 2.45) is 0 Å². The van der Waals surface area contributed by atoms with Gasteiger partial charge >= 0.3 is 0 Å². The molecule has 0 saturated heterocycles. The van der Waals surface area contributed by atoms with Crippen molar-refractivity contribution >= 4 is 5.91 Å². The summed E-state index contributed by atoms with van der Waals surface area (Å²) in [6.07, 6.45) is 0.915. The Hall–Kier alpha value is -2.92. The molecule has 0 fully saturated rings. The quantitative estimate of drug-likeness (QED) is 0.780. The number of aliphatic hydroxyl groups excluding tert-OH is 1. The number of rotatable bonds is 5. The van der Waals surface area contributed by atoms with Gasteiger partial charge in [-0.05, 0) is 19.1 Å². The number of likely N-dealkylation sites (N-methyl/N-ethyl adjacent to an activating group) is 1. The first-order valence-electron chi connectivity index (χ1n) is 8.18. The first kappa shape index (κ1) is 16.9. The van der Waals surface area contributed by atoms with Crippen molar-refractivity contribution in [1.82, 2.24) is 14.7 Å². The fourth-order valence-electron chi connectivity index (χ4n) is 2.73. The van der Waals surface area contributed by atoms with E-state index in [9.17, 15) is 9.90 Å². The molecular formula is C20H21N3O2. The SMILES string of the molecule is CC(O)C(=O)N(C)Cc1cn(-c2ccccc2)nc1-c1ccccc1. The summed E-state index contributed by atoms with van der Waals surface area (Å²) in [7, 11) is 1.68. The van der Waals surface area contributed by atoms with Gasteiger partial charge in [0.15, 0.2) is 0 Å². The number of carbonyl (C=O) groups excluding carboxylic acids is 1. The summed E-state index contributed by atoms with van der Waals surface area (Å²) >= 11 is 0. The van der Waals surface area contributed by atoms with Crippen LogP contribution in [0.15, 0.2) is 66.9 Å². The standard InChI is InChI=1S/C20H21N3O2/c1-15(24)20(25)22(2)13-17-14-23(18-11-7-4-8-12-18)21-19(17)16-9-5-3-6-10-16/h3-12,14-15,24H,13H2,1-2H3. The third kappa shape index (κ3) is 3.78. The van der Waals surface area contributed by atoms with Gasteiger partial charge in [-0.15, -0.1) is 0 Å². The Balaban J connectivity index is 2.00. The molecule has 1 atom stereocenters. The van der Waals surface area contributed by atoms with Gasteiger partial charge in [-0.2, -0.15) is 5.10 Å². The summed E-state index contributed by atoms with van der Waals surface area (Å²) in [5.41, 5.74) is 3.70. The first-order chi connectivity index (χ1) is 12.1. The van der Waals surface area contributed by atoms with Crippen molar-refractivity contribution in [3.8, 4) is 16.9 Å². The van der Waals surface area contributed by atoms with E-state index in [-0.39, 0.29) is 5.91 Å². The van der Waals surface area contributed by atoms with Crippen LogP contribution >= 0.6 is 0 Å². The minimum Gasteiger partial charge on any atom is -0.384 e. The van der Waals surface area contributed by atoms with Crippen LogP contribution < -0.4 is 0 Å². The average Bonchev–Trinajstić information content (AvgIpc) is 3.06. The number of carbonyl (C=O) groups is 1. The Morgan fingerprint density at radius 2 is 1.72 bits per heavy atom. The molecule has 1 N–H and O–H groups in total. The van der Waals surface area contributed by atoms with Crippen molar-refractivity contribution in [2.45, 2.75) is 19.6 Å². The maximum absolute atomic E-state index is 12.0. The Kier molecular flexibility index (Phi) is 4.95. The molecule has 0 radical (unpaired) electrons. The number of amides is 1. The molecule has 0 bridgehead atoms. The lowest BCUT2D eigenvalue weighted by Gasteiger charge is -2.18. The predicted octanol–water partition coefficient (Wildman–Crippen LogP) is 2.88. The number of para-hydroxylation sites is 1. The first-order valence-corrected chi connectivity index (χ1v) is 8.18. The minimum atomic E-state index is -1.02. The van der Waals surface area contributed by atoms with Crippen LogP contribution in [0.1, 0.15) is 12.5 Å². The highest BCUT2D eigenvalue weighted by Crippen LogP contribution is 2.24. The lowest BCUT2D eigenvalue weighted by Crippen LogP contribution is -2.34. The molecular weight excluding hydrogens is 314 g/mol. The van der Waals surface area contributed by atoms with Crippen molar-refractivity contribution in [3.63, 3.8) is 0 Å². The van der Waals surface area contributed by atoms with Crippen LogP contribution in [0.25, 0.3) is 16.9 Å². The molecule has 0 aliphatic rings. The van der Waals surface area contributed by atoms with Crippen LogP contribution in [0, 0.1) is 0 Å². The highest BCUT2D eigenvalue weighted by atomic mass is 16.3. The van der Waals surface area contributed by atoms with E-state index in [1.807, 2.05) is 71.5 Å². The predicted molar refractivity (Wildman–Crippen MR) is 97.2 cm³/mol. The van der Waals surface area contributed by atoms with Gasteiger partial charge in [0.25, 0.3) is 5.91 Å². The zero-order valence-corrected chi connectivity index (χ0v) is 14.3. The summed E-state index contributed by atoms with van der Waals surface area (Å²) in [5.74, 6) is -0.313. The van der Waals surface area contributed by atoms with Crippen LogP contribution in [0.4, 0.5) is 0 Å². The zero-order chi connectivity index (χ0) is 17.8. The monoisotopic (exact) mass is 335 g/mol. The van der Waals surface area contributed by atoms with E-state index in [2.05, 4.69) is 0 Å². The van der Waals surface area contributed by atoms with E-state index in [4.69, 9.17) is 5.10 Å². The Labute approximate surface area is 147 Å². The van der Waals surface area contributed by atoms with Gasteiger partial charge in [0.2, 0.25) is 0 Å². The number of nitrogens with zero attached hydrogens (tertiary/aromatic N) is 3. The molecule has 5 nitrogen and oxygen atoms in total. The van der Waals surface area contributed by atoms with Gasteiger partial charge in [0, 0.05) is 30.9 Å². The van der Waals surface area contributed by atoms with Gasteiger partial charge < -0.3 is 10.0 Å². The topological polar surface area (TPSA) is 58.4 Å². The van der Waals surface area contributed by atoms with Crippen molar-refractivity contribution in [2.75, 3.05) is 7.05 Å². The molecule has 1 aromatic heterocycles. The molecule has 0 aliphatic heterocycles. The number of aromatic nitrogens is 2. The molecule has 128 valence electrons. The molecule has 1 unspecified atom stereocenters. The molecule has 1 heterocycles. The van der Waals surface area contributed by atoms with E-state index in [1.54, 1.807) is 7.05 Å². The van der Waals surface area contributed by atoms with Crippen molar-refractivity contribution < 1.29 is 9.90 Å². The van der Waals surface area contributed by atoms with Crippen molar-refractivity contribution in [3.05, 3.63) is 72.4 Å². The van der Waals surface area contributed by atoms with Crippen molar-refractivity contribution in [1.29, 1.82) is 0 Å².